The maximum Gasteiger partial charge on any atom is 0.244 e. The zero-order valence-electron chi connectivity index (χ0n) is 20.7. The molecule has 0 N–H and O–H groups in total. The molecular weight excluding hydrogens is 438 g/mol. The number of methoxy groups -OCH3 is 1. The highest BCUT2D eigenvalue weighted by Gasteiger charge is 2.24. The number of hydrogen-bond acceptors (Lipinski definition) is 5. The second kappa shape index (κ2) is 11.6. The summed E-state index contributed by atoms with van der Waals surface area (Å²) < 4.78 is 7.29. The van der Waals surface area contributed by atoms with Crippen LogP contribution < -0.4 is 14.5 Å². The Labute approximate surface area is 203 Å². The number of carbonyl (C=O) groups excluding carboxylic acids is 1. The minimum atomic E-state index is 0.0796. The van der Waals surface area contributed by atoms with Gasteiger partial charge in [-0.25, -0.2) is 0 Å². The molecular formula is C25H38ClN5O2. The number of anilines is 2. The predicted octanol–water partition coefficient (Wildman–Crippen LogP) is 4.39. The van der Waals surface area contributed by atoms with Crippen LogP contribution in [0.2, 0.25) is 5.02 Å². The summed E-state index contributed by atoms with van der Waals surface area (Å²) in [6.07, 6.45) is 4.40. The Hall–Kier alpha value is -2.41. The second-order valence-corrected chi connectivity index (χ2v) is 9.10. The largest absolute Gasteiger partial charge is 0.496 e. The number of aryl methyl sites for hydroxylation is 1. The van der Waals surface area contributed by atoms with Crippen molar-refractivity contribution in [3.05, 3.63) is 34.5 Å². The molecule has 2 aromatic rings. The normalized spacial score (nSPS) is 14.0. The van der Waals surface area contributed by atoms with E-state index in [1.54, 1.807) is 11.8 Å². The summed E-state index contributed by atoms with van der Waals surface area (Å²) in [5.74, 6) is 1.76. The summed E-state index contributed by atoms with van der Waals surface area (Å²) in [7, 11) is 3.73. The van der Waals surface area contributed by atoms with Crippen LogP contribution in [0.15, 0.2) is 18.2 Å². The molecule has 0 bridgehead atoms. The molecule has 1 aliphatic rings. The first-order valence-corrected chi connectivity index (χ1v) is 12.4. The Kier molecular flexibility index (Phi) is 8.89. The van der Waals surface area contributed by atoms with Gasteiger partial charge >= 0.3 is 0 Å². The van der Waals surface area contributed by atoms with Gasteiger partial charge in [0.25, 0.3) is 0 Å². The van der Waals surface area contributed by atoms with Crippen molar-refractivity contribution in [3.8, 4) is 5.75 Å². The first-order chi connectivity index (χ1) is 15.9. The molecule has 1 aliphatic heterocycles. The molecule has 8 heteroatoms. The fourth-order valence-electron chi connectivity index (χ4n) is 4.28. The Morgan fingerprint density at radius 1 is 1.18 bits per heavy atom. The van der Waals surface area contributed by atoms with Crippen molar-refractivity contribution in [1.29, 1.82) is 0 Å². The number of piperazine rings is 1. The van der Waals surface area contributed by atoms with Gasteiger partial charge in [0.2, 0.25) is 5.91 Å². The number of hydrogen-bond donors (Lipinski definition) is 0. The van der Waals surface area contributed by atoms with Gasteiger partial charge in [0.15, 0.2) is 5.82 Å². The summed E-state index contributed by atoms with van der Waals surface area (Å²) in [5, 5.41) is 5.29. The molecule has 182 valence electrons. The number of carbonyl (C=O) groups is 1. The van der Waals surface area contributed by atoms with E-state index < -0.39 is 0 Å². The highest BCUT2D eigenvalue weighted by atomic mass is 35.5. The highest BCUT2D eigenvalue weighted by molar-refractivity contribution is 6.33. The lowest BCUT2D eigenvalue weighted by Gasteiger charge is -2.36. The van der Waals surface area contributed by atoms with E-state index >= 15 is 0 Å². The number of nitrogens with zero attached hydrogens (tertiary/aromatic N) is 5. The number of rotatable bonds is 10. The molecule has 3 rings (SSSR count). The fraction of sp³-hybridized carbons (Fsp3) is 0.600. The van der Waals surface area contributed by atoms with Crippen LogP contribution in [0.1, 0.15) is 44.4 Å². The fourth-order valence-corrected chi connectivity index (χ4v) is 4.55. The van der Waals surface area contributed by atoms with Gasteiger partial charge in [0, 0.05) is 51.5 Å². The zero-order valence-corrected chi connectivity index (χ0v) is 21.5. The standard InChI is InChI=1S/C25H38ClN5O2/c1-6-8-9-12-28(4)25-24(26)19(3)31(27-25)18-23(32)30-15-13-29(14-16-30)21-11-10-20(7-2)22(17-21)33-5/h10-11,17H,6-9,12-16,18H2,1-5H3. The van der Waals surface area contributed by atoms with E-state index in [1.807, 2.05) is 18.9 Å². The molecule has 0 saturated carbocycles. The van der Waals surface area contributed by atoms with Crippen molar-refractivity contribution in [2.75, 3.05) is 56.7 Å². The molecule has 0 radical (unpaired) electrons. The third-order valence-electron chi connectivity index (χ3n) is 6.51. The maximum atomic E-state index is 13.0. The van der Waals surface area contributed by atoms with Gasteiger partial charge in [0.1, 0.15) is 17.3 Å². The van der Waals surface area contributed by atoms with Crippen LogP contribution in [0.3, 0.4) is 0 Å². The van der Waals surface area contributed by atoms with Crippen molar-refractivity contribution < 1.29 is 9.53 Å². The van der Waals surface area contributed by atoms with Crippen LogP contribution in [0.5, 0.6) is 5.75 Å². The summed E-state index contributed by atoms with van der Waals surface area (Å²) >= 11 is 6.56. The number of ether oxygens (including phenoxy) is 1. The second-order valence-electron chi connectivity index (χ2n) is 8.73. The van der Waals surface area contributed by atoms with Crippen LogP contribution in [0.4, 0.5) is 11.5 Å². The lowest BCUT2D eigenvalue weighted by Crippen LogP contribution is -2.49. The number of halogens is 1. The summed E-state index contributed by atoms with van der Waals surface area (Å²) in [6.45, 7) is 10.3. The third-order valence-corrected chi connectivity index (χ3v) is 6.95. The van der Waals surface area contributed by atoms with Crippen molar-refractivity contribution in [2.24, 2.45) is 0 Å². The Morgan fingerprint density at radius 2 is 1.91 bits per heavy atom. The lowest BCUT2D eigenvalue weighted by molar-refractivity contribution is -0.132. The van der Waals surface area contributed by atoms with E-state index in [2.05, 4.69) is 46.9 Å². The van der Waals surface area contributed by atoms with Gasteiger partial charge in [-0.15, -0.1) is 0 Å². The molecule has 1 saturated heterocycles. The molecule has 0 aliphatic carbocycles. The van der Waals surface area contributed by atoms with Crippen molar-refractivity contribution in [2.45, 2.75) is 53.0 Å². The Bertz CT molecular complexity index is 937. The molecule has 1 aromatic heterocycles. The highest BCUT2D eigenvalue weighted by Crippen LogP contribution is 2.29. The van der Waals surface area contributed by atoms with E-state index in [0.29, 0.717) is 18.1 Å². The monoisotopic (exact) mass is 475 g/mol. The predicted molar refractivity (Wildman–Crippen MR) is 136 cm³/mol. The molecule has 2 heterocycles. The van der Waals surface area contributed by atoms with Gasteiger partial charge in [-0.2, -0.15) is 5.10 Å². The molecule has 1 fully saturated rings. The molecule has 1 aromatic carbocycles. The number of amides is 1. The third kappa shape index (κ3) is 5.94. The topological polar surface area (TPSA) is 53.8 Å². The van der Waals surface area contributed by atoms with Crippen LogP contribution in [0, 0.1) is 6.92 Å². The van der Waals surface area contributed by atoms with Gasteiger partial charge in [-0.05, 0) is 31.4 Å². The van der Waals surface area contributed by atoms with Gasteiger partial charge in [0.05, 0.1) is 12.8 Å². The van der Waals surface area contributed by atoms with Crippen LogP contribution in [-0.4, -0.2) is 67.5 Å². The van der Waals surface area contributed by atoms with Crippen molar-refractivity contribution in [3.63, 3.8) is 0 Å². The smallest absolute Gasteiger partial charge is 0.244 e. The van der Waals surface area contributed by atoms with Crippen LogP contribution in [0.25, 0.3) is 0 Å². The average Bonchev–Trinajstić information content (AvgIpc) is 3.12. The van der Waals surface area contributed by atoms with E-state index in [1.165, 1.54) is 18.4 Å². The Balaban J connectivity index is 1.59. The Morgan fingerprint density at radius 3 is 2.55 bits per heavy atom. The molecule has 0 unspecified atom stereocenters. The van der Waals surface area contributed by atoms with Gasteiger partial charge in [-0.1, -0.05) is 44.4 Å². The maximum absolute atomic E-state index is 13.0. The number of benzene rings is 1. The lowest BCUT2D eigenvalue weighted by atomic mass is 10.1. The zero-order chi connectivity index (χ0) is 24.0. The van der Waals surface area contributed by atoms with Crippen molar-refractivity contribution in [1.82, 2.24) is 14.7 Å². The number of unbranched alkanes of at least 4 members (excludes halogenated alkanes) is 2. The molecule has 1 amide bonds. The first kappa shape index (κ1) is 25.2. The number of aromatic nitrogens is 2. The quantitative estimate of drug-likeness (QED) is 0.477. The molecule has 7 nitrogen and oxygen atoms in total. The minimum absolute atomic E-state index is 0.0796. The summed E-state index contributed by atoms with van der Waals surface area (Å²) in [6, 6.07) is 6.38. The van der Waals surface area contributed by atoms with E-state index in [4.69, 9.17) is 16.3 Å². The van der Waals surface area contributed by atoms with Crippen LogP contribution in [-0.2, 0) is 17.8 Å². The minimum Gasteiger partial charge on any atom is -0.496 e. The average molecular weight is 476 g/mol. The first-order valence-electron chi connectivity index (χ1n) is 12.0. The SMILES string of the molecule is CCCCCN(C)c1nn(CC(=O)N2CCN(c3ccc(CC)c(OC)c3)CC2)c(C)c1Cl. The summed E-state index contributed by atoms with van der Waals surface area (Å²) in [5.41, 5.74) is 3.18. The van der Waals surface area contributed by atoms with Crippen molar-refractivity contribution >= 4 is 29.0 Å². The summed E-state index contributed by atoms with van der Waals surface area (Å²) in [4.78, 5) is 19.3. The molecule has 0 atom stereocenters. The van der Waals surface area contributed by atoms with E-state index in [9.17, 15) is 4.79 Å². The van der Waals surface area contributed by atoms with E-state index in [-0.39, 0.29) is 12.5 Å². The van der Waals surface area contributed by atoms with Gasteiger partial charge < -0.3 is 19.4 Å². The molecule has 0 spiro atoms. The van der Waals surface area contributed by atoms with Gasteiger partial charge in [-0.3, -0.25) is 9.48 Å². The molecule has 33 heavy (non-hydrogen) atoms. The van der Waals surface area contributed by atoms with Crippen LogP contribution >= 0.6 is 11.6 Å². The van der Waals surface area contributed by atoms with E-state index in [0.717, 1.165) is 55.4 Å².